The summed E-state index contributed by atoms with van der Waals surface area (Å²) in [6, 6.07) is 14.2. The van der Waals surface area contributed by atoms with Gasteiger partial charge in [-0.05, 0) is 36.1 Å². The van der Waals surface area contributed by atoms with E-state index < -0.39 is 0 Å². The molecule has 1 amide bonds. The predicted molar refractivity (Wildman–Crippen MR) is 129 cm³/mol. The van der Waals surface area contributed by atoms with Crippen LogP contribution in [0, 0.1) is 0 Å². The summed E-state index contributed by atoms with van der Waals surface area (Å²) in [5.41, 5.74) is 3.18. The molecule has 2 heterocycles. The van der Waals surface area contributed by atoms with Gasteiger partial charge < -0.3 is 14.5 Å². The second-order valence-corrected chi connectivity index (χ2v) is 9.47. The third-order valence-electron chi connectivity index (χ3n) is 5.75. The molecule has 3 aromatic rings. The number of nitrogens with zero attached hydrogens (tertiary/aromatic N) is 4. The van der Waals surface area contributed by atoms with E-state index in [-0.39, 0.29) is 11.5 Å². The van der Waals surface area contributed by atoms with Gasteiger partial charge in [-0.3, -0.25) is 0 Å². The Morgan fingerprint density at radius 2 is 1.72 bits per heavy atom. The maximum Gasteiger partial charge on any atom is 0.409 e. The quantitative estimate of drug-likeness (QED) is 0.523. The first-order valence-electron chi connectivity index (χ1n) is 11.0. The lowest BCUT2D eigenvalue weighted by atomic mass is 9.87. The van der Waals surface area contributed by atoms with Gasteiger partial charge in [0.2, 0.25) is 0 Å². The largest absolute Gasteiger partial charge is 0.450 e. The zero-order valence-corrected chi connectivity index (χ0v) is 19.8. The van der Waals surface area contributed by atoms with Crippen molar-refractivity contribution in [2.45, 2.75) is 33.1 Å². The zero-order valence-electron chi connectivity index (χ0n) is 19.1. The highest BCUT2D eigenvalue weighted by molar-refractivity contribution is 6.31. The van der Waals surface area contributed by atoms with Crippen molar-refractivity contribution < 1.29 is 9.53 Å². The van der Waals surface area contributed by atoms with Crippen LogP contribution in [0.2, 0.25) is 5.02 Å². The van der Waals surface area contributed by atoms with Crippen LogP contribution < -0.4 is 4.90 Å². The molecule has 6 nitrogen and oxygen atoms in total. The summed E-state index contributed by atoms with van der Waals surface area (Å²) in [6.07, 6.45) is -0.262. The molecule has 1 aromatic heterocycles. The molecule has 7 heteroatoms. The lowest BCUT2D eigenvalue weighted by Gasteiger charge is -2.35. The van der Waals surface area contributed by atoms with Gasteiger partial charge in [0.05, 0.1) is 12.1 Å². The van der Waals surface area contributed by atoms with Crippen LogP contribution in [0.5, 0.6) is 0 Å². The summed E-state index contributed by atoms with van der Waals surface area (Å²) >= 11 is 6.30. The summed E-state index contributed by atoms with van der Waals surface area (Å²) in [6.45, 7) is 11.3. The number of hydrogen-bond acceptors (Lipinski definition) is 5. The molecule has 0 atom stereocenters. The van der Waals surface area contributed by atoms with Gasteiger partial charge in [-0.15, -0.1) is 0 Å². The van der Waals surface area contributed by atoms with Crippen molar-refractivity contribution in [1.29, 1.82) is 0 Å². The lowest BCUT2D eigenvalue weighted by molar-refractivity contribution is 0.105. The molecular formula is C25H29ClN4O2. The number of aromatic nitrogens is 2. The van der Waals surface area contributed by atoms with Crippen molar-refractivity contribution >= 4 is 34.4 Å². The standard InChI is InChI=1S/C25H29ClN4O2/c1-5-32-24(31)30-14-12-29(13-15-30)23-20-16-19(26)10-11-21(20)27-22(28-23)17-6-8-18(9-7-17)25(2,3)4/h6-11,16H,5,12-15H2,1-4H3. The van der Waals surface area contributed by atoms with Gasteiger partial charge in [0.15, 0.2) is 5.82 Å². The van der Waals surface area contributed by atoms with E-state index in [9.17, 15) is 4.79 Å². The van der Waals surface area contributed by atoms with Crippen LogP contribution in [-0.2, 0) is 10.2 Å². The highest BCUT2D eigenvalue weighted by Gasteiger charge is 2.25. The minimum Gasteiger partial charge on any atom is -0.450 e. The minimum atomic E-state index is -0.262. The summed E-state index contributed by atoms with van der Waals surface area (Å²) in [5, 5.41) is 1.56. The van der Waals surface area contributed by atoms with Crippen LogP contribution >= 0.6 is 11.6 Å². The smallest absolute Gasteiger partial charge is 0.409 e. The molecule has 32 heavy (non-hydrogen) atoms. The van der Waals surface area contributed by atoms with Gasteiger partial charge in [-0.1, -0.05) is 56.6 Å². The van der Waals surface area contributed by atoms with Gasteiger partial charge in [0, 0.05) is 42.2 Å². The van der Waals surface area contributed by atoms with E-state index in [0.29, 0.717) is 43.6 Å². The van der Waals surface area contributed by atoms with E-state index in [1.165, 1.54) is 5.56 Å². The molecule has 0 unspecified atom stereocenters. The molecule has 0 radical (unpaired) electrons. The maximum absolute atomic E-state index is 12.1. The van der Waals surface area contributed by atoms with Gasteiger partial charge in [0.25, 0.3) is 0 Å². The SMILES string of the molecule is CCOC(=O)N1CCN(c2nc(-c3ccc(C(C)(C)C)cc3)nc3ccc(Cl)cc23)CC1. The summed E-state index contributed by atoms with van der Waals surface area (Å²) < 4.78 is 5.14. The summed E-state index contributed by atoms with van der Waals surface area (Å²) in [4.78, 5) is 25.8. The molecule has 4 rings (SSSR count). The molecule has 0 N–H and O–H groups in total. The van der Waals surface area contributed by atoms with Crippen LogP contribution in [0.1, 0.15) is 33.3 Å². The Morgan fingerprint density at radius 3 is 2.34 bits per heavy atom. The number of anilines is 1. The van der Waals surface area contributed by atoms with Gasteiger partial charge >= 0.3 is 6.09 Å². The fourth-order valence-corrected chi connectivity index (χ4v) is 4.06. The van der Waals surface area contributed by atoms with Crippen LogP contribution in [0.3, 0.4) is 0 Å². The molecule has 0 aliphatic carbocycles. The molecular weight excluding hydrogens is 424 g/mol. The average Bonchev–Trinajstić information content (AvgIpc) is 2.78. The molecule has 0 saturated carbocycles. The second kappa shape index (κ2) is 8.94. The monoisotopic (exact) mass is 452 g/mol. The molecule has 1 saturated heterocycles. The third kappa shape index (κ3) is 4.65. The lowest BCUT2D eigenvalue weighted by Crippen LogP contribution is -2.49. The number of rotatable bonds is 3. The van der Waals surface area contributed by atoms with Gasteiger partial charge in [-0.25, -0.2) is 14.8 Å². The van der Waals surface area contributed by atoms with E-state index in [1.54, 1.807) is 4.90 Å². The number of benzene rings is 2. The van der Waals surface area contributed by atoms with E-state index in [4.69, 9.17) is 26.3 Å². The fraction of sp³-hybridized carbons (Fsp3) is 0.400. The number of carbonyl (C=O) groups excluding carboxylic acids is 1. The Hall–Kier alpha value is -2.86. The Labute approximate surface area is 194 Å². The Kier molecular flexibility index (Phi) is 6.24. The number of ether oxygens (including phenoxy) is 1. The molecule has 168 valence electrons. The predicted octanol–water partition coefficient (Wildman–Crippen LogP) is 5.53. The van der Waals surface area contributed by atoms with Crippen molar-refractivity contribution in [2.75, 3.05) is 37.7 Å². The maximum atomic E-state index is 12.1. The van der Waals surface area contributed by atoms with Gasteiger partial charge in [-0.2, -0.15) is 0 Å². The number of hydrogen-bond donors (Lipinski definition) is 0. The summed E-state index contributed by atoms with van der Waals surface area (Å²) in [5.74, 6) is 1.53. The van der Waals surface area contributed by atoms with Crippen LogP contribution in [0.15, 0.2) is 42.5 Å². The van der Waals surface area contributed by atoms with Gasteiger partial charge in [0.1, 0.15) is 5.82 Å². The first-order valence-corrected chi connectivity index (χ1v) is 11.4. The zero-order chi connectivity index (χ0) is 22.9. The second-order valence-electron chi connectivity index (χ2n) is 9.03. The number of piperazine rings is 1. The molecule has 0 spiro atoms. The first-order chi connectivity index (χ1) is 15.3. The van der Waals surface area contributed by atoms with E-state index >= 15 is 0 Å². The number of fused-ring (bicyclic) bond motifs is 1. The van der Waals surface area contributed by atoms with Crippen molar-refractivity contribution in [3.8, 4) is 11.4 Å². The molecule has 2 aromatic carbocycles. The highest BCUT2D eigenvalue weighted by atomic mass is 35.5. The first kappa shape index (κ1) is 22.3. The van der Waals surface area contributed by atoms with Crippen LogP contribution in [0.4, 0.5) is 10.6 Å². The normalized spacial score (nSPS) is 14.7. The molecule has 1 aliphatic heterocycles. The average molecular weight is 453 g/mol. The fourth-order valence-electron chi connectivity index (χ4n) is 3.89. The third-order valence-corrected chi connectivity index (χ3v) is 5.99. The molecule has 0 bridgehead atoms. The number of carbonyl (C=O) groups is 1. The molecule has 1 aliphatic rings. The number of halogens is 1. The molecule has 1 fully saturated rings. The van der Waals surface area contributed by atoms with Crippen LogP contribution in [-0.4, -0.2) is 53.7 Å². The van der Waals surface area contributed by atoms with E-state index in [2.05, 4.69) is 49.9 Å². The van der Waals surface area contributed by atoms with E-state index in [0.717, 1.165) is 22.3 Å². The number of amides is 1. The topological polar surface area (TPSA) is 58.6 Å². The van der Waals surface area contributed by atoms with Crippen molar-refractivity contribution in [3.05, 3.63) is 53.1 Å². The van der Waals surface area contributed by atoms with Crippen molar-refractivity contribution in [2.24, 2.45) is 0 Å². The van der Waals surface area contributed by atoms with Crippen LogP contribution in [0.25, 0.3) is 22.3 Å². The Bertz CT molecular complexity index is 1120. The minimum absolute atomic E-state index is 0.0866. The Morgan fingerprint density at radius 1 is 1.03 bits per heavy atom. The van der Waals surface area contributed by atoms with E-state index in [1.807, 2.05) is 25.1 Å². The highest BCUT2D eigenvalue weighted by Crippen LogP contribution is 2.31. The summed E-state index contributed by atoms with van der Waals surface area (Å²) in [7, 11) is 0. The Balaban J connectivity index is 1.69. The van der Waals surface area contributed by atoms with Crippen molar-refractivity contribution in [3.63, 3.8) is 0 Å². The van der Waals surface area contributed by atoms with Crippen molar-refractivity contribution in [1.82, 2.24) is 14.9 Å².